The van der Waals surface area contributed by atoms with Crippen LogP contribution < -0.4 is 10.6 Å². The zero-order valence-corrected chi connectivity index (χ0v) is 16.2. The maximum Gasteiger partial charge on any atom is 0.191 e. The lowest BCUT2D eigenvalue weighted by molar-refractivity contribution is 0.380. The van der Waals surface area contributed by atoms with Crippen molar-refractivity contribution < 1.29 is 4.52 Å². The van der Waals surface area contributed by atoms with E-state index in [1.807, 2.05) is 24.4 Å². The maximum absolute atomic E-state index is 5.44. The molecule has 6 heteroatoms. The lowest BCUT2D eigenvalue weighted by Gasteiger charge is -2.12. The molecule has 0 bridgehead atoms. The fourth-order valence-electron chi connectivity index (χ4n) is 3.11. The van der Waals surface area contributed by atoms with E-state index in [2.05, 4.69) is 53.7 Å². The molecule has 0 spiro atoms. The molecule has 27 heavy (non-hydrogen) atoms. The molecule has 0 saturated carbocycles. The van der Waals surface area contributed by atoms with Crippen LogP contribution in [0.5, 0.6) is 0 Å². The number of nitrogens with zero attached hydrogens (tertiary/aromatic N) is 3. The van der Waals surface area contributed by atoms with E-state index in [4.69, 9.17) is 9.52 Å². The molecule has 0 aliphatic rings. The predicted octanol–water partition coefficient (Wildman–Crippen LogP) is 3.60. The number of rotatable bonds is 7. The Labute approximate surface area is 160 Å². The van der Waals surface area contributed by atoms with E-state index in [1.54, 1.807) is 0 Å². The summed E-state index contributed by atoms with van der Waals surface area (Å²) in [7, 11) is 0. The highest BCUT2D eigenvalue weighted by atomic mass is 16.5. The molecule has 0 radical (unpaired) electrons. The Balaban J connectivity index is 1.76. The summed E-state index contributed by atoms with van der Waals surface area (Å²) >= 11 is 0. The lowest BCUT2D eigenvalue weighted by atomic mass is 10.1. The van der Waals surface area contributed by atoms with Gasteiger partial charge in [0.05, 0.1) is 24.5 Å². The molecule has 6 nitrogen and oxygen atoms in total. The van der Waals surface area contributed by atoms with Gasteiger partial charge < -0.3 is 15.2 Å². The first-order valence-corrected chi connectivity index (χ1v) is 9.57. The monoisotopic (exact) mass is 365 g/mol. The number of guanidine groups is 1. The molecule has 0 aliphatic carbocycles. The Kier molecular flexibility index (Phi) is 6.41. The zero-order chi connectivity index (χ0) is 19.1. The fraction of sp³-hybridized carbons (Fsp3) is 0.381. The van der Waals surface area contributed by atoms with Crippen LogP contribution in [-0.4, -0.2) is 22.6 Å². The number of nitrogens with one attached hydrogen (secondary N) is 2. The lowest BCUT2D eigenvalue weighted by Crippen LogP contribution is -2.37. The molecule has 2 heterocycles. The van der Waals surface area contributed by atoms with Crippen molar-refractivity contribution in [3.63, 3.8) is 0 Å². The van der Waals surface area contributed by atoms with Gasteiger partial charge in [-0.15, -0.1) is 0 Å². The quantitative estimate of drug-likeness (QED) is 0.494. The Bertz CT molecular complexity index is 889. The van der Waals surface area contributed by atoms with E-state index in [0.29, 0.717) is 13.1 Å². The Morgan fingerprint density at radius 1 is 1.04 bits per heavy atom. The second-order valence-corrected chi connectivity index (χ2v) is 6.27. The number of aliphatic imine (C=N–C) groups is 1. The molecule has 0 atom stereocenters. The van der Waals surface area contributed by atoms with Crippen molar-refractivity contribution in [1.82, 2.24) is 20.8 Å². The van der Waals surface area contributed by atoms with Crippen molar-refractivity contribution in [3.8, 4) is 0 Å². The minimum absolute atomic E-state index is 0.550. The molecule has 3 aromatic rings. The average Bonchev–Trinajstić information content (AvgIpc) is 3.12. The highest BCUT2D eigenvalue weighted by Gasteiger charge is 2.13. The molecule has 0 fully saturated rings. The SMILES string of the molecule is CCNC(=NCc1c(CC)noc1CC)NCc1nccc2ccccc12. The van der Waals surface area contributed by atoms with E-state index in [1.165, 1.54) is 5.39 Å². The minimum Gasteiger partial charge on any atom is -0.361 e. The number of pyridine rings is 1. The van der Waals surface area contributed by atoms with Gasteiger partial charge in [0, 0.05) is 30.1 Å². The first kappa shape index (κ1) is 18.9. The van der Waals surface area contributed by atoms with Crippen LogP contribution >= 0.6 is 0 Å². The third-order valence-corrected chi connectivity index (χ3v) is 4.53. The van der Waals surface area contributed by atoms with Gasteiger partial charge in [0.25, 0.3) is 0 Å². The first-order chi connectivity index (χ1) is 13.3. The third-order valence-electron chi connectivity index (χ3n) is 4.53. The highest BCUT2D eigenvalue weighted by Crippen LogP contribution is 2.17. The molecule has 1 aromatic carbocycles. The summed E-state index contributed by atoms with van der Waals surface area (Å²) < 4.78 is 5.44. The van der Waals surface area contributed by atoms with Gasteiger partial charge in [-0.3, -0.25) is 4.98 Å². The van der Waals surface area contributed by atoms with Gasteiger partial charge in [-0.1, -0.05) is 43.3 Å². The topological polar surface area (TPSA) is 75.3 Å². The summed E-state index contributed by atoms with van der Waals surface area (Å²) in [5.41, 5.74) is 3.09. The van der Waals surface area contributed by atoms with E-state index < -0.39 is 0 Å². The summed E-state index contributed by atoms with van der Waals surface area (Å²) in [5.74, 6) is 1.68. The van der Waals surface area contributed by atoms with Gasteiger partial charge in [-0.25, -0.2) is 4.99 Å². The molecule has 142 valence electrons. The van der Waals surface area contributed by atoms with Gasteiger partial charge >= 0.3 is 0 Å². The Morgan fingerprint density at radius 3 is 2.67 bits per heavy atom. The van der Waals surface area contributed by atoms with Gasteiger partial charge in [-0.2, -0.15) is 0 Å². The molecule has 0 aliphatic heterocycles. The first-order valence-electron chi connectivity index (χ1n) is 9.57. The summed E-state index contributed by atoms with van der Waals surface area (Å²) in [4.78, 5) is 9.27. The number of aryl methyl sites for hydroxylation is 2. The van der Waals surface area contributed by atoms with Crippen LogP contribution in [-0.2, 0) is 25.9 Å². The Morgan fingerprint density at radius 2 is 1.89 bits per heavy atom. The molecular formula is C21H27N5O. The van der Waals surface area contributed by atoms with Crippen molar-refractivity contribution in [3.05, 3.63) is 59.2 Å². The van der Waals surface area contributed by atoms with E-state index in [9.17, 15) is 0 Å². The van der Waals surface area contributed by atoms with Crippen molar-refractivity contribution >= 4 is 16.7 Å². The van der Waals surface area contributed by atoms with Crippen molar-refractivity contribution in [2.45, 2.75) is 46.7 Å². The summed E-state index contributed by atoms with van der Waals surface area (Å²) in [5, 5.41) is 13.2. The van der Waals surface area contributed by atoms with Crippen LogP contribution in [0.25, 0.3) is 10.8 Å². The molecule has 2 N–H and O–H groups in total. The number of benzene rings is 1. The van der Waals surface area contributed by atoms with Crippen LogP contribution in [0.2, 0.25) is 0 Å². The number of aromatic nitrogens is 2. The number of hydrogen-bond acceptors (Lipinski definition) is 4. The molecular weight excluding hydrogens is 338 g/mol. The van der Waals surface area contributed by atoms with E-state index in [0.717, 1.165) is 53.4 Å². The predicted molar refractivity (Wildman–Crippen MR) is 109 cm³/mol. The summed E-state index contributed by atoms with van der Waals surface area (Å²) in [6, 6.07) is 10.3. The van der Waals surface area contributed by atoms with Gasteiger partial charge in [0.15, 0.2) is 5.96 Å². The van der Waals surface area contributed by atoms with Gasteiger partial charge in [0.1, 0.15) is 5.76 Å². The number of fused-ring (bicyclic) bond motifs is 1. The van der Waals surface area contributed by atoms with Crippen LogP contribution in [0.15, 0.2) is 46.0 Å². The molecule has 3 rings (SSSR count). The number of hydrogen-bond donors (Lipinski definition) is 2. The van der Waals surface area contributed by atoms with Crippen LogP contribution in [0.3, 0.4) is 0 Å². The smallest absolute Gasteiger partial charge is 0.191 e. The average molecular weight is 365 g/mol. The van der Waals surface area contributed by atoms with Gasteiger partial charge in [0.2, 0.25) is 0 Å². The summed E-state index contributed by atoms with van der Waals surface area (Å²) in [6.07, 6.45) is 3.52. The van der Waals surface area contributed by atoms with E-state index >= 15 is 0 Å². The minimum atomic E-state index is 0.550. The zero-order valence-electron chi connectivity index (χ0n) is 16.2. The van der Waals surface area contributed by atoms with Crippen LogP contribution in [0.1, 0.15) is 43.5 Å². The van der Waals surface area contributed by atoms with E-state index in [-0.39, 0.29) is 0 Å². The third kappa shape index (κ3) is 4.45. The second-order valence-electron chi connectivity index (χ2n) is 6.27. The van der Waals surface area contributed by atoms with Crippen LogP contribution in [0.4, 0.5) is 0 Å². The fourth-order valence-corrected chi connectivity index (χ4v) is 3.11. The summed E-state index contributed by atoms with van der Waals surface area (Å²) in [6.45, 7) is 8.16. The van der Waals surface area contributed by atoms with Crippen LogP contribution in [0, 0.1) is 0 Å². The molecule has 2 aromatic heterocycles. The van der Waals surface area contributed by atoms with Crippen molar-refractivity contribution in [2.24, 2.45) is 4.99 Å². The molecule has 0 amide bonds. The second kappa shape index (κ2) is 9.16. The van der Waals surface area contributed by atoms with Crippen molar-refractivity contribution in [1.29, 1.82) is 0 Å². The largest absolute Gasteiger partial charge is 0.361 e. The molecule has 0 unspecified atom stereocenters. The van der Waals surface area contributed by atoms with Gasteiger partial charge in [-0.05, 0) is 24.8 Å². The highest BCUT2D eigenvalue weighted by molar-refractivity contribution is 5.85. The maximum atomic E-state index is 5.44. The normalized spacial score (nSPS) is 11.7. The molecule has 0 saturated heterocycles. The van der Waals surface area contributed by atoms with Crippen molar-refractivity contribution in [2.75, 3.05) is 6.54 Å². The standard InChI is InChI=1S/C21H27N5O/c1-4-18-17(20(5-2)27-26-18)13-24-21(22-6-3)25-14-19-16-10-8-7-9-15(16)11-12-23-19/h7-12H,4-6,13-14H2,1-3H3,(H2,22,24,25). The Hall–Kier alpha value is -2.89.